The maximum Gasteiger partial charge on any atom is 0.275 e. The van der Waals surface area contributed by atoms with E-state index >= 15 is 0 Å². The fourth-order valence-corrected chi connectivity index (χ4v) is 3.93. The first-order valence-electron chi connectivity index (χ1n) is 9.19. The lowest BCUT2D eigenvalue weighted by atomic mass is 10.3. The van der Waals surface area contributed by atoms with Gasteiger partial charge in [-0.3, -0.25) is 4.79 Å². The number of benzene rings is 1. The predicted molar refractivity (Wildman–Crippen MR) is 111 cm³/mol. The molecule has 0 aliphatic carbocycles. The lowest BCUT2D eigenvalue weighted by Gasteiger charge is -2.20. The molecule has 0 bridgehead atoms. The van der Waals surface area contributed by atoms with Gasteiger partial charge in [0.15, 0.2) is 5.69 Å². The molecule has 0 saturated carbocycles. The molecule has 0 N–H and O–H groups in total. The second-order valence-corrected chi connectivity index (χ2v) is 7.97. The molecule has 4 rings (SSSR count). The molecule has 1 amide bonds. The van der Waals surface area contributed by atoms with E-state index in [0.717, 1.165) is 22.1 Å². The summed E-state index contributed by atoms with van der Waals surface area (Å²) in [6.45, 7) is 2.95. The van der Waals surface area contributed by atoms with E-state index in [0.29, 0.717) is 18.8 Å². The molecule has 3 heterocycles. The lowest BCUT2D eigenvalue weighted by Crippen LogP contribution is -2.30. The Hall–Kier alpha value is -3.32. The molecule has 4 aromatic rings. The highest BCUT2D eigenvalue weighted by molar-refractivity contribution is 7.11. The van der Waals surface area contributed by atoms with Crippen LogP contribution in [0.1, 0.15) is 26.0 Å². The number of aromatic nitrogens is 2. The summed E-state index contributed by atoms with van der Waals surface area (Å²) in [6, 6.07) is 17.1. The third-order valence-corrected chi connectivity index (χ3v) is 5.49. The van der Waals surface area contributed by atoms with Crippen LogP contribution in [0.4, 0.5) is 0 Å². The molecule has 0 aliphatic heterocycles. The molecular formula is C22H21N3O3S. The van der Waals surface area contributed by atoms with Gasteiger partial charge >= 0.3 is 0 Å². The molecule has 0 spiro atoms. The van der Waals surface area contributed by atoms with Crippen molar-refractivity contribution in [2.45, 2.75) is 20.0 Å². The third-order valence-electron chi connectivity index (χ3n) is 4.50. The third kappa shape index (κ3) is 4.41. The van der Waals surface area contributed by atoms with Gasteiger partial charge in [0.25, 0.3) is 5.91 Å². The van der Waals surface area contributed by atoms with Crippen LogP contribution >= 0.6 is 11.3 Å². The summed E-state index contributed by atoms with van der Waals surface area (Å²) in [6.07, 6.45) is 3.40. The topological polar surface area (TPSA) is 60.5 Å². The number of furan rings is 1. The van der Waals surface area contributed by atoms with Gasteiger partial charge in [-0.25, -0.2) is 4.68 Å². The Morgan fingerprint density at radius 2 is 1.97 bits per heavy atom. The quantitative estimate of drug-likeness (QED) is 0.446. The van der Waals surface area contributed by atoms with Crippen LogP contribution in [-0.2, 0) is 13.1 Å². The maximum atomic E-state index is 13.2. The van der Waals surface area contributed by atoms with Crippen LogP contribution in [-0.4, -0.2) is 27.7 Å². The monoisotopic (exact) mass is 407 g/mol. The number of ether oxygens (including phenoxy) is 1. The summed E-state index contributed by atoms with van der Waals surface area (Å²) in [5.41, 5.74) is 1.25. The van der Waals surface area contributed by atoms with Gasteiger partial charge in [-0.05, 0) is 61.5 Å². The van der Waals surface area contributed by atoms with Crippen LogP contribution in [0.3, 0.4) is 0 Å². The predicted octanol–water partition coefficient (Wildman–Crippen LogP) is 4.69. The standard InChI is InChI=1S/C22H21N3O3S/c1-16-5-10-20(29-16)15-24(14-19-4-3-13-28-19)22(26)21-11-12-25(23-21)17-6-8-18(27-2)9-7-17/h3-13H,14-15H2,1-2H3. The average Bonchev–Trinajstić information content (AvgIpc) is 3.49. The average molecular weight is 407 g/mol. The van der Waals surface area contributed by atoms with Crippen molar-refractivity contribution in [2.24, 2.45) is 0 Å². The molecule has 0 saturated heterocycles. The molecule has 148 valence electrons. The van der Waals surface area contributed by atoms with Gasteiger partial charge in [-0.15, -0.1) is 11.3 Å². The van der Waals surface area contributed by atoms with E-state index in [1.807, 2.05) is 36.4 Å². The number of amides is 1. The fourth-order valence-electron chi connectivity index (χ4n) is 3.03. The van der Waals surface area contributed by atoms with E-state index in [9.17, 15) is 4.79 Å². The van der Waals surface area contributed by atoms with Gasteiger partial charge in [-0.1, -0.05) is 0 Å². The van der Waals surface area contributed by atoms with E-state index < -0.39 is 0 Å². The van der Waals surface area contributed by atoms with Gasteiger partial charge in [0.2, 0.25) is 0 Å². The number of methoxy groups -OCH3 is 1. The van der Waals surface area contributed by atoms with Crippen molar-refractivity contribution < 1.29 is 13.9 Å². The van der Waals surface area contributed by atoms with E-state index in [1.165, 1.54) is 4.88 Å². The largest absolute Gasteiger partial charge is 0.497 e. The normalized spacial score (nSPS) is 10.8. The highest BCUT2D eigenvalue weighted by atomic mass is 32.1. The number of hydrogen-bond acceptors (Lipinski definition) is 5. The van der Waals surface area contributed by atoms with Gasteiger partial charge in [0, 0.05) is 16.0 Å². The molecule has 0 fully saturated rings. The maximum absolute atomic E-state index is 13.2. The zero-order valence-electron chi connectivity index (χ0n) is 16.2. The van der Waals surface area contributed by atoms with Crippen molar-refractivity contribution in [2.75, 3.05) is 7.11 Å². The molecule has 0 radical (unpaired) electrons. The first kappa shape index (κ1) is 19.0. The van der Waals surface area contributed by atoms with Crippen LogP contribution in [0.5, 0.6) is 5.75 Å². The number of carbonyl (C=O) groups is 1. The van der Waals surface area contributed by atoms with Crippen molar-refractivity contribution in [3.05, 3.63) is 88.3 Å². The van der Waals surface area contributed by atoms with Crippen molar-refractivity contribution in [3.8, 4) is 11.4 Å². The van der Waals surface area contributed by atoms with Crippen LogP contribution in [0.25, 0.3) is 5.69 Å². The number of thiophene rings is 1. The molecule has 0 aliphatic rings. The molecule has 1 aromatic carbocycles. The highest BCUT2D eigenvalue weighted by Crippen LogP contribution is 2.21. The van der Waals surface area contributed by atoms with E-state index in [4.69, 9.17) is 9.15 Å². The summed E-state index contributed by atoms with van der Waals surface area (Å²) in [5.74, 6) is 1.37. The minimum absolute atomic E-state index is 0.139. The Morgan fingerprint density at radius 1 is 1.14 bits per heavy atom. The number of hydrogen-bond donors (Lipinski definition) is 0. The summed E-state index contributed by atoms with van der Waals surface area (Å²) in [5, 5.41) is 4.49. The Labute approximate surface area is 173 Å². The van der Waals surface area contributed by atoms with Gasteiger partial charge in [-0.2, -0.15) is 5.10 Å². The van der Waals surface area contributed by atoms with Crippen molar-refractivity contribution in [1.29, 1.82) is 0 Å². The molecular weight excluding hydrogens is 386 g/mol. The van der Waals surface area contributed by atoms with Crippen LogP contribution in [0, 0.1) is 6.92 Å². The van der Waals surface area contributed by atoms with E-state index in [1.54, 1.807) is 46.6 Å². The Kier molecular flexibility index (Phi) is 5.48. The minimum Gasteiger partial charge on any atom is -0.497 e. The van der Waals surface area contributed by atoms with E-state index in [2.05, 4.69) is 24.2 Å². The summed E-state index contributed by atoms with van der Waals surface area (Å²) in [7, 11) is 1.63. The first-order valence-corrected chi connectivity index (χ1v) is 10.0. The summed E-state index contributed by atoms with van der Waals surface area (Å²) >= 11 is 1.68. The highest BCUT2D eigenvalue weighted by Gasteiger charge is 2.21. The van der Waals surface area contributed by atoms with E-state index in [-0.39, 0.29) is 5.91 Å². The Balaban J connectivity index is 1.57. The van der Waals surface area contributed by atoms with Crippen molar-refractivity contribution in [1.82, 2.24) is 14.7 Å². The second kappa shape index (κ2) is 8.36. The fraction of sp³-hybridized carbons (Fsp3) is 0.182. The van der Waals surface area contributed by atoms with Crippen LogP contribution < -0.4 is 4.74 Å². The SMILES string of the molecule is COc1ccc(-n2ccc(C(=O)N(Cc3ccco3)Cc3ccc(C)s3)n2)cc1. The smallest absolute Gasteiger partial charge is 0.275 e. The summed E-state index contributed by atoms with van der Waals surface area (Å²) in [4.78, 5) is 17.3. The van der Waals surface area contributed by atoms with Crippen LogP contribution in [0.15, 0.2) is 71.5 Å². The lowest BCUT2D eigenvalue weighted by molar-refractivity contribution is 0.0713. The molecule has 29 heavy (non-hydrogen) atoms. The Bertz CT molecular complexity index is 1080. The Morgan fingerprint density at radius 3 is 2.62 bits per heavy atom. The minimum atomic E-state index is -0.139. The number of aryl methyl sites for hydroxylation is 1. The van der Waals surface area contributed by atoms with Crippen molar-refractivity contribution >= 4 is 17.2 Å². The zero-order chi connectivity index (χ0) is 20.2. The zero-order valence-corrected chi connectivity index (χ0v) is 17.1. The second-order valence-electron chi connectivity index (χ2n) is 6.60. The molecule has 3 aromatic heterocycles. The van der Waals surface area contributed by atoms with Gasteiger partial charge < -0.3 is 14.1 Å². The summed E-state index contributed by atoms with van der Waals surface area (Å²) < 4.78 is 12.3. The van der Waals surface area contributed by atoms with Crippen LogP contribution in [0.2, 0.25) is 0 Å². The molecule has 0 unspecified atom stereocenters. The molecule has 0 atom stereocenters. The number of nitrogens with zero attached hydrogens (tertiary/aromatic N) is 3. The number of rotatable bonds is 7. The van der Waals surface area contributed by atoms with Gasteiger partial charge in [0.05, 0.1) is 32.1 Å². The first-order chi connectivity index (χ1) is 14.1. The van der Waals surface area contributed by atoms with Crippen molar-refractivity contribution in [3.63, 3.8) is 0 Å². The molecule has 7 heteroatoms. The molecule has 6 nitrogen and oxygen atoms in total. The van der Waals surface area contributed by atoms with Gasteiger partial charge in [0.1, 0.15) is 11.5 Å². The number of carbonyl (C=O) groups excluding carboxylic acids is 1.